The smallest absolute Gasteiger partial charge is 0.0636 e. The molecule has 3 saturated carbocycles. The van der Waals surface area contributed by atoms with E-state index in [1.54, 1.807) is 0 Å². The van der Waals surface area contributed by atoms with Gasteiger partial charge in [0, 0.05) is 25.2 Å². The van der Waals surface area contributed by atoms with Crippen molar-refractivity contribution < 1.29 is 14.2 Å². The number of rotatable bonds is 35. The predicted octanol–water partition coefficient (Wildman–Crippen LogP) is 11.3. The molecule has 3 aliphatic rings. The van der Waals surface area contributed by atoms with Gasteiger partial charge in [0.1, 0.15) is 0 Å². The lowest BCUT2D eigenvalue weighted by Gasteiger charge is -2.56. The van der Waals surface area contributed by atoms with Gasteiger partial charge in [0.2, 0.25) is 0 Å². The van der Waals surface area contributed by atoms with Crippen LogP contribution in [0.4, 0.5) is 0 Å². The van der Waals surface area contributed by atoms with E-state index in [2.05, 4.69) is 39.5 Å². The summed E-state index contributed by atoms with van der Waals surface area (Å²) in [6.45, 7) is 20.7. The molecule has 7 heteroatoms. The van der Waals surface area contributed by atoms with Crippen LogP contribution >= 0.6 is 0 Å². The number of hydrogen-bond donors (Lipinski definition) is 3. The van der Waals surface area contributed by atoms with Crippen LogP contribution in [0.5, 0.6) is 0 Å². The summed E-state index contributed by atoms with van der Waals surface area (Å²) in [6.07, 6.45) is 34.2. The van der Waals surface area contributed by atoms with Gasteiger partial charge in [-0.1, -0.05) is 118 Å². The summed E-state index contributed by atoms with van der Waals surface area (Å²) < 4.78 is 20.5. The van der Waals surface area contributed by atoms with Gasteiger partial charge >= 0.3 is 0 Å². The van der Waals surface area contributed by atoms with E-state index < -0.39 is 0 Å². The summed E-state index contributed by atoms with van der Waals surface area (Å²) in [4.78, 5) is 2.86. The number of ether oxygens (including phenoxy) is 3. The monoisotopic (exact) mass is 805 g/mol. The highest BCUT2D eigenvalue weighted by molar-refractivity contribution is 5.09. The molecule has 0 spiro atoms. The zero-order chi connectivity index (χ0) is 41.1. The lowest BCUT2D eigenvalue weighted by atomic mass is 9.53. The predicted molar refractivity (Wildman–Crippen MR) is 245 cm³/mol. The highest BCUT2D eigenvalue weighted by Gasteiger charge is 2.61. The molecule has 0 bridgehead atoms. The molecule has 338 valence electrons. The van der Waals surface area contributed by atoms with Crippen molar-refractivity contribution in [3.05, 3.63) is 0 Å². The molecule has 0 aromatic rings. The van der Waals surface area contributed by atoms with Crippen LogP contribution in [0.15, 0.2) is 0 Å². The first kappa shape index (κ1) is 51.1. The maximum absolute atomic E-state index is 7.08. The number of nitrogens with two attached hydrogens (primary N) is 3. The molecule has 3 aliphatic carbocycles. The fraction of sp³-hybridized carbons (Fsp3) is 1.00. The van der Waals surface area contributed by atoms with Crippen LogP contribution in [-0.2, 0) is 14.2 Å². The lowest BCUT2D eigenvalue weighted by molar-refractivity contribution is -0.170. The van der Waals surface area contributed by atoms with Gasteiger partial charge in [0.25, 0.3) is 0 Å². The van der Waals surface area contributed by atoms with Gasteiger partial charge in [-0.2, -0.15) is 0 Å². The van der Waals surface area contributed by atoms with Crippen LogP contribution in [0.1, 0.15) is 202 Å². The number of unbranched alkanes of at least 4 members (excludes halogenated alkanes) is 10. The molecular formula is C50H100N4O3. The minimum absolute atomic E-state index is 0.164. The van der Waals surface area contributed by atoms with Gasteiger partial charge in [-0.15, -0.1) is 0 Å². The van der Waals surface area contributed by atoms with Crippen LogP contribution in [-0.4, -0.2) is 82.3 Å². The molecule has 0 heterocycles. The largest absolute Gasteiger partial charge is 0.378 e. The average molecular weight is 805 g/mol. The highest BCUT2D eigenvalue weighted by Crippen LogP contribution is 2.63. The van der Waals surface area contributed by atoms with E-state index in [4.69, 9.17) is 31.4 Å². The first-order valence-electron chi connectivity index (χ1n) is 25.5. The topological polar surface area (TPSA) is 109 Å². The second kappa shape index (κ2) is 30.7. The quantitative estimate of drug-likeness (QED) is 0.0547. The number of hydrogen-bond acceptors (Lipinski definition) is 7. The summed E-state index contributed by atoms with van der Waals surface area (Å²) in [6, 6.07) is 0. The third-order valence-corrected chi connectivity index (χ3v) is 15.4. The standard InChI is InChI=1S/C50H100N4O3/c1-6-9-11-13-15-17-32-54(33-18-16-14-12-10-7-2)34-20-24-41(4)45-27-28-46-49(43(8-3)40-48(50(45,46)5)57-37-23-31-53)47(56-36-22-30-52)39-42-25-19-26-44(38-42)55-35-21-29-51/h41-49H,6-40,51-53H2,1-5H3/t41?,42?,43-,44+,45?,46-,47+,48-,49?,50?/m0/s1. The Morgan fingerprint density at radius 3 is 1.88 bits per heavy atom. The third-order valence-electron chi connectivity index (χ3n) is 15.4. The fourth-order valence-corrected chi connectivity index (χ4v) is 12.1. The van der Waals surface area contributed by atoms with Crippen molar-refractivity contribution in [2.24, 2.45) is 58.1 Å². The van der Waals surface area contributed by atoms with Gasteiger partial charge in [-0.3, -0.25) is 0 Å². The molecule has 0 aliphatic heterocycles. The minimum atomic E-state index is 0.164. The molecule has 57 heavy (non-hydrogen) atoms. The van der Waals surface area contributed by atoms with Gasteiger partial charge in [0.15, 0.2) is 0 Å². The van der Waals surface area contributed by atoms with Crippen molar-refractivity contribution in [2.45, 2.75) is 220 Å². The van der Waals surface area contributed by atoms with E-state index in [0.29, 0.717) is 67.3 Å². The van der Waals surface area contributed by atoms with Crippen molar-refractivity contribution in [1.82, 2.24) is 4.90 Å². The Bertz CT molecular complexity index is 941. The van der Waals surface area contributed by atoms with Crippen LogP contribution < -0.4 is 17.2 Å². The Hall–Kier alpha value is -0.280. The van der Waals surface area contributed by atoms with Gasteiger partial charge < -0.3 is 36.3 Å². The molecule has 3 fully saturated rings. The average Bonchev–Trinajstić information content (AvgIpc) is 3.57. The Balaban J connectivity index is 1.75. The molecule has 5 unspecified atom stereocenters. The molecule has 7 nitrogen and oxygen atoms in total. The van der Waals surface area contributed by atoms with E-state index >= 15 is 0 Å². The first-order chi connectivity index (χ1) is 27.9. The van der Waals surface area contributed by atoms with Crippen molar-refractivity contribution in [3.8, 4) is 0 Å². The Kier molecular flexibility index (Phi) is 27.5. The van der Waals surface area contributed by atoms with Crippen molar-refractivity contribution in [3.63, 3.8) is 0 Å². The highest BCUT2D eigenvalue weighted by atomic mass is 16.5. The maximum atomic E-state index is 7.08. The second-order valence-corrected chi connectivity index (χ2v) is 19.6. The van der Waals surface area contributed by atoms with Gasteiger partial charge in [-0.05, 0) is 158 Å². The van der Waals surface area contributed by atoms with Crippen molar-refractivity contribution in [2.75, 3.05) is 59.1 Å². The molecule has 0 aromatic heterocycles. The molecule has 0 radical (unpaired) electrons. The molecule has 0 amide bonds. The molecule has 6 N–H and O–H groups in total. The molecule has 0 saturated heterocycles. The van der Waals surface area contributed by atoms with Crippen LogP contribution in [0.3, 0.4) is 0 Å². The SMILES string of the molecule is CCCCCCCCN(CCCCCCCC)CCCC(C)C1CC[C@H]2C([C@@H](CC3CCC[C@@H](OCCCN)C3)OCCCN)[C@@H](CC)C[C@H](OCCCN)C12C. The third kappa shape index (κ3) is 17.6. The summed E-state index contributed by atoms with van der Waals surface area (Å²) >= 11 is 0. The van der Waals surface area contributed by atoms with E-state index in [1.807, 2.05) is 0 Å². The lowest BCUT2D eigenvalue weighted by Crippen LogP contribution is -2.56. The number of nitrogens with zero attached hydrogens (tertiary/aromatic N) is 1. The Morgan fingerprint density at radius 2 is 1.25 bits per heavy atom. The zero-order valence-electron chi connectivity index (χ0n) is 38.8. The fourth-order valence-electron chi connectivity index (χ4n) is 12.1. The molecule has 0 aromatic carbocycles. The minimum Gasteiger partial charge on any atom is -0.378 e. The van der Waals surface area contributed by atoms with E-state index in [-0.39, 0.29) is 11.5 Å². The van der Waals surface area contributed by atoms with Crippen LogP contribution in [0.25, 0.3) is 0 Å². The second-order valence-electron chi connectivity index (χ2n) is 19.6. The van der Waals surface area contributed by atoms with E-state index in [0.717, 1.165) is 39.1 Å². The van der Waals surface area contributed by atoms with Crippen LogP contribution in [0, 0.1) is 40.9 Å². The van der Waals surface area contributed by atoms with E-state index in [1.165, 1.54) is 167 Å². The van der Waals surface area contributed by atoms with Gasteiger partial charge in [-0.25, -0.2) is 0 Å². The first-order valence-corrected chi connectivity index (χ1v) is 25.5. The summed E-state index contributed by atoms with van der Waals surface area (Å²) in [7, 11) is 0. The molecule has 3 rings (SSSR count). The van der Waals surface area contributed by atoms with E-state index in [9.17, 15) is 0 Å². The van der Waals surface area contributed by atoms with Gasteiger partial charge in [0.05, 0.1) is 18.3 Å². The Morgan fingerprint density at radius 1 is 0.649 bits per heavy atom. The van der Waals surface area contributed by atoms with Crippen molar-refractivity contribution >= 4 is 0 Å². The summed E-state index contributed by atoms with van der Waals surface area (Å²) in [5.41, 5.74) is 18.1. The van der Waals surface area contributed by atoms with Crippen LogP contribution in [0.2, 0.25) is 0 Å². The Labute approximate surface area is 355 Å². The molecule has 10 atom stereocenters. The maximum Gasteiger partial charge on any atom is 0.0636 e. The molecular weight excluding hydrogens is 705 g/mol. The summed E-state index contributed by atoms with van der Waals surface area (Å²) in [5.74, 6) is 3.89. The zero-order valence-corrected chi connectivity index (χ0v) is 38.8. The van der Waals surface area contributed by atoms with Crippen molar-refractivity contribution in [1.29, 1.82) is 0 Å². The summed E-state index contributed by atoms with van der Waals surface area (Å²) in [5, 5.41) is 0. The number of fused-ring (bicyclic) bond motifs is 1. The normalized spacial score (nSPS) is 28.9.